The SMILES string of the molecule is Cc1cccc(NC(=O)CO)c1F. The minimum Gasteiger partial charge on any atom is -0.387 e. The quantitative estimate of drug-likeness (QED) is 0.720. The molecule has 0 saturated carbocycles. The van der Waals surface area contributed by atoms with E-state index in [1.54, 1.807) is 19.1 Å². The molecule has 0 unspecified atom stereocenters. The zero-order valence-corrected chi connectivity index (χ0v) is 7.17. The first-order valence-electron chi connectivity index (χ1n) is 3.81. The third kappa shape index (κ3) is 2.26. The van der Waals surface area contributed by atoms with Crippen LogP contribution in [0.3, 0.4) is 0 Å². The summed E-state index contributed by atoms with van der Waals surface area (Å²) in [5, 5.41) is 10.7. The fourth-order valence-corrected chi connectivity index (χ4v) is 0.934. The highest BCUT2D eigenvalue weighted by atomic mass is 19.1. The minimum absolute atomic E-state index is 0.0963. The maximum absolute atomic E-state index is 13.2. The Bertz CT molecular complexity index is 325. The van der Waals surface area contributed by atoms with Gasteiger partial charge >= 0.3 is 0 Å². The van der Waals surface area contributed by atoms with Crippen LogP contribution in [0.1, 0.15) is 5.56 Å². The summed E-state index contributed by atoms with van der Waals surface area (Å²) in [5.41, 5.74) is 0.551. The van der Waals surface area contributed by atoms with Crippen LogP contribution in [0.4, 0.5) is 10.1 Å². The monoisotopic (exact) mass is 183 g/mol. The van der Waals surface area contributed by atoms with Gasteiger partial charge in [-0.1, -0.05) is 12.1 Å². The second kappa shape index (κ2) is 4.00. The Morgan fingerprint density at radius 1 is 1.62 bits per heavy atom. The van der Waals surface area contributed by atoms with Gasteiger partial charge in [0.25, 0.3) is 0 Å². The smallest absolute Gasteiger partial charge is 0.250 e. The topological polar surface area (TPSA) is 49.3 Å². The molecule has 0 bridgehead atoms. The van der Waals surface area contributed by atoms with Crippen LogP contribution in [0.15, 0.2) is 18.2 Å². The number of hydrogen-bond acceptors (Lipinski definition) is 2. The second-order valence-corrected chi connectivity index (χ2v) is 2.64. The van der Waals surface area contributed by atoms with Crippen LogP contribution >= 0.6 is 0 Å². The predicted octanol–water partition coefficient (Wildman–Crippen LogP) is 1.06. The van der Waals surface area contributed by atoms with Crippen LogP contribution in [0.25, 0.3) is 0 Å². The number of amides is 1. The summed E-state index contributed by atoms with van der Waals surface area (Å²) >= 11 is 0. The molecule has 0 heterocycles. The zero-order valence-electron chi connectivity index (χ0n) is 7.17. The van der Waals surface area contributed by atoms with Gasteiger partial charge in [-0.05, 0) is 18.6 Å². The number of hydrogen-bond donors (Lipinski definition) is 2. The normalized spacial score (nSPS) is 9.77. The number of aliphatic hydroxyl groups excluding tert-OH is 1. The molecule has 13 heavy (non-hydrogen) atoms. The lowest BCUT2D eigenvalue weighted by molar-refractivity contribution is -0.118. The van der Waals surface area contributed by atoms with E-state index in [9.17, 15) is 9.18 Å². The van der Waals surface area contributed by atoms with Crippen LogP contribution < -0.4 is 5.32 Å². The molecule has 0 aliphatic heterocycles. The average molecular weight is 183 g/mol. The van der Waals surface area contributed by atoms with Gasteiger partial charge in [-0.25, -0.2) is 4.39 Å². The Balaban J connectivity index is 2.89. The molecule has 0 aliphatic rings. The van der Waals surface area contributed by atoms with Crippen LogP contribution in [-0.2, 0) is 4.79 Å². The molecule has 1 amide bonds. The van der Waals surface area contributed by atoms with Crippen LogP contribution in [0.2, 0.25) is 0 Å². The molecule has 0 radical (unpaired) electrons. The van der Waals surface area contributed by atoms with Crippen molar-refractivity contribution in [2.75, 3.05) is 11.9 Å². The fraction of sp³-hybridized carbons (Fsp3) is 0.222. The summed E-state index contributed by atoms with van der Waals surface area (Å²) in [6, 6.07) is 4.67. The van der Waals surface area contributed by atoms with Crippen LogP contribution in [-0.4, -0.2) is 17.6 Å². The summed E-state index contributed by atoms with van der Waals surface area (Å²) in [5.74, 6) is -1.09. The van der Waals surface area contributed by atoms with Gasteiger partial charge in [-0.2, -0.15) is 0 Å². The number of carbonyl (C=O) groups is 1. The number of halogens is 1. The lowest BCUT2D eigenvalue weighted by Gasteiger charge is -2.05. The summed E-state index contributed by atoms with van der Waals surface area (Å²) in [6.45, 7) is 0.956. The molecule has 0 saturated heterocycles. The van der Waals surface area contributed by atoms with E-state index in [0.29, 0.717) is 5.56 Å². The Labute approximate surface area is 75.2 Å². The standard InChI is InChI=1S/C9H10FNO2/c1-6-3-2-4-7(9(6)10)11-8(13)5-12/h2-4,12H,5H2,1H3,(H,11,13). The molecular weight excluding hydrogens is 173 g/mol. The summed E-state index contributed by atoms with van der Waals surface area (Å²) in [6.07, 6.45) is 0. The van der Waals surface area contributed by atoms with E-state index < -0.39 is 18.3 Å². The molecule has 0 atom stereocenters. The molecule has 0 aromatic heterocycles. The maximum Gasteiger partial charge on any atom is 0.250 e. The zero-order chi connectivity index (χ0) is 9.84. The van der Waals surface area contributed by atoms with Crippen molar-refractivity contribution in [3.63, 3.8) is 0 Å². The molecule has 0 spiro atoms. The van der Waals surface area contributed by atoms with E-state index >= 15 is 0 Å². The van der Waals surface area contributed by atoms with E-state index in [1.165, 1.54) is 6.07 Å². The molecule has 1 rings (SSSR count). The number of rotatable bonds is 2. The number of carbonyl (C=O) groups excluding carboxylic acids is 1. The van der Waals surface area contributed by atoms with E-state index in [1.807, 2.05) is 0 Å². The second-order valence-electron chi connectivity index (χ2n) is 2.64. The summed E-state index contributed by atoms with van der Waals surface area (Å²) < 4.78 is 13.2. The summed E-state index contributed by atoms with van der Waals surface area (Å²) in [7, 11) is 0. The van der Waals surface area contributed by atoms with Crippen LogP contribution in [0, 0.1) is 12.7 Å². The molecule has 4 heteroatoms. The van der Waals surface area contributed by atoms with Gasteiger partial charge in [0.15, 0.2) is 0 Å². The van der Waals surface area contributed by atoms with Crippen molar-refractivity contribution in [2.24, 2.45) is 0 Å². The fourth-order valence-electron chi connectivity index (χ4n) is 0.934. The van der Waals surface area contributed by atoms with Gasteiger partial charge in [0.2, 0.25) is 5.91 Å². The molecule has 3 nitrogen and oxygen atoms in total. The first-order valence-corrected chi connectivity index (χ1v) is 3.81. The first kappa shape index (κ1) is 9.67. The predicted molar refractivity (Wildman–Crippen MR) is 46.9 cm³/mol. The molecule has 2 N–H and O–H groups in total. The number of nitrogens with one attached hydrogen (secondary N) is 1. The van der Waals surface area contributed by atoms with Gasteiger partial charge in [-0.3, -0.25) is 4.79 Å². The lowest BCUT2D eigenvalue weighted by Crippen LogP contribution is -2.16. The molecule has 1 aromatic carbocycles. The van der Waals surface area contributed by atoms with Gasteiger partial charge in [0.05, 0.1) is 5.69 Å². The third-order valence-corrected chi connectivity index (χ3v) is 1.61. The largest absolute Gasteiger partial charge is 0.387 e. The first-order chi connectivity index (χ1) is 6.15. The highest BCUT2D eigenvalue weighted by Gasteiger charge is 2.06. The number of aliphatic hydroxyl groups is 1. The molecule has 1 aromatic rings. The molecular formula is C9H10FNO2. The number of anilines is 1. The Hall–Kier alpha value is -1.42. The van der Waals surface area contributed by atoms with Crippen molar-refractivity contribution in [1.82, 2.24) is 0 Å². The Morgan fingerprint density at radius 3 is 2.92 bits per heavy atom. The number of benzene rings is 1. The van der Waals surface area contributed by atoms with E-state index in [0.717, 1.165) is 0 Å². The van der Waals surface area contributed by atoms with Gasteiger partial charge in [-0.15, -0.1) is 0 Å². The Kier molecular flexibility index (Phi) is 2.97. The lowest BCUT2D eigenvalue weighted by atomic mass is 10.2. The van der Waals surface area contributed by atoms with Crippen molar-refractivity contribution in [3.05, 3.63) is 29.6 Å². The minimum atomic E-state index is -0.645. The van der Waals surface area contributed by atoms with Crippen molar-refractivity contribution in [1.29, 1.82) is 0 Å². The highest BCUT2D eigenvalue weighted by Crippen LogP contribution is 2.16. The van der Waals surface area contributed by atoms with E-state index in [2.05, 4.69) is 5.32 Å². The summed E-state index contributed by atoms with van der Waals surface area (Å²) in [4.78, 5) is 10.7. The Morgan fingerprint density at radius 2 is 2.31 bits per heavy atom. The van der Waals surface area contributed by atoms with Gasteiger partial charge in [0, 0.05) is 0 Å². The third-order valence-electron chi connectivity index (χ3n) is 1.61. The van der Waals surface area contributed by atoms with Crippen LogP contribution in [0.5, 0.6) is 0 Å². The van der Waals surface area contributed by atoms with Crippen molar-refractivity contribution in [2.45, 2.75) is 6.92 Å². The van der Waals surface area contributed by atoms with E-state index in [-0.39, 0.29) is 5.69 Å². The van der Waals surface area contributed by atoms with E-state index in [4.69, 9.17) is 5.11 Å². The highest BCUT2D eigenvalue weighted by molar-refractivity contribution is 5.91. The van der Waals surface area contributed by atoms with Gasteiger partial charge < -0.3 is 10.4 Å². The van der Waals surface area contributed by atoms with Crippen molar-refractivity contribution >= 4 is 11.6 Å². The molecule has 0 fully saturated rings. The van der Waals surface area contributed by atoms with Crippen molar-refractivity contribution in [3.8, 4) is 0 Å². The maximum atomic E-state index is 13.2. The number of aryl methyl sites for hydroxylation is 1. The molecule has 70 valence electrons. The average Bonchev–Trinajstić information content (AvgIpc) is 2.13. The van der Waals surface area contributed by atoms with Gasteiger partial charge in [0.1, 0.15) is 12.4 Å². The molecule has 0 aliphatic carbocycles. The van der Waals surface area contributed by atoms with Crippen molar-refractivity contribution < 1.29 is 14.3 Å².